The molecule has 1 fully saturated rings. The Balaban J connectivity index is 2.58. The fourth-order valence-corrected chi connectivity index (χ4v) is 3.58. The molecule has 3 heteroatoms. The first-order valence-corrected chi connectivity index (χ1v) is 8.34. The maximum Gasteiger partial charge on any atom is 0.219 e. The molecule has 0 radical (unpaired) electrons. The van der Waals surface area contributed by atoms with Gasteiger partial charge in [-0.3, -0.25) is 4.79 Å². The summed E-state index contributed by atoms with van der Waals surface area (Å²) in [5, 5.41) is 2.93. The van der Waals surface area contributed by atoms with Crippen molar-refractivity contribution in [3.63, 3.8) is 0 Å². The minimum Gasteiger partial charge on any atom is -0.356 e. The Morgan fingerprint density at radius 1 is 1.42 bits per heavy atom. The average molecular weight is 185 g/mol. The second kappa shape index (κ2) is 3.60. The molecule has 0 aromatic heterocycles. The number of carbonyl (C=O) groups excluding carboxylic acids is 1. The van der Waals surface area contributed by atoms with E-state index in [2.05, 4.69) is 25.0 Å². The van der Waals surface area contributed by atoms with Gasteiger partial charge in [0.25, 0.3) is 0 Å². The van der Waals surface area contributed by atoms with Gasteiger partial charge >= 0.3 is 0 Å². The highest BCUT2D eigenvalue weighted by atomic mass is 28.3. The molecule has 1 rings (SSSR count). The van der Waals surface area contributed by atoms with E-state index >= 15 is 0 Å². The Labute approximate surface area is 75.7 Å². The van der Waals surface area contributed by atoms with Crippen molar-refractivity contribution in [1.29, 1.82) is 0 Å². The second-order valence-electron chi connectivity index (χ2n) is 4.76. The van der Waals surface area contributed by atoms with Crippen LogP contribution in [0.5, 0.6) is 0 Å². The smallest absolute Gasteiger partial charge is 0.219 e. The molecule has 12 heavy (non-hydrogen) atoms. The lowest BCUT2D eigenvalue weighted by atomic mass is 10.2. The maximum absolute atomic E-state index is 11.3. The van der Waals surface area contributed by atoms with Crippen LogP contribution in [-0.2, 0) is 4.79 Å². The molecule has 0 aliphatic carbocycles. The van der Waals surface area contributed by atoms with Gasteiger partial charge in [0.15, 0.2) is 0 Å². The third kappa shape index (κ3) is 2.63. The van der Waals surface area contributed by atoms with Gasteiger partial charge in [-0.25, -0.2) is 0 Å². The van der Waals surface area contributed by atoms with Gasteiger partial charge in [-0.15, -0.1) is 0 Å². The molecule has 0 bridgehead atoms. The first kappa shape index (κ1) is 9.77. The Morgan fingerprint density at radius 3 is 2.67 bits per heavy atom. The van der Waals surface area contributed by atoms with Crippen molar-refractivity contribution >= 4 is 14.0 Å². The number of rotatable bonds is 1. The fourth-order valence-electron chi connectivity index (χ4n) is 1.71. The largest absolute Gasteiger partial charge is 0.356 e. The highest BCUT2D eigenvalue weighted by molar-refractivity contribution is 6.77. The summed E-state index contributed by atoms with van der Waals surface area (Å²) in [6, 6.07) is 0. The van der Waals surface area contributed by atoms with Crippen LogP contribution in [0.3, 0.4) is 0 Å². The molecule has 1 unspecified atom stereocenters. The van der Waals surface area contributed by atoms with Crippen LogP contribution in [0, 0.1) is 0 Å². The van der Waals surface area contributed by atoms with Crippen molar-refractivity contribution in [2.45, 2.75) is 44.4 Å². The maximum atomic E-state index is 11.3. The van der Waals surface area contributed by atoms with Crippen LogP contribution in [0.15, 0.2) is 0 Å². The first-order chi connectivity index (χ1) is 5.50. The van der Waals surface area contributed by atoms with Crippen LogP contribution in [0.4, 0.5) is 0 Å². The number of hydrogen-bond acceptors (Lipinski definition) is 1. The van der Waals surface area contributed by atoms with Gasteiger partial charge in [0.1, 0.15) is 0 Å². The summed E-state index contributed by atoms with van der Waals surface area (Å²) >= 11 is 0. The summed E-state index contributed by atoms with van der Waals surface area (Å²) < 4.78 is 0. The molecular formula is C9H19NOSi. The molecule has 1 N–H and O–H groups in total. The number of carbonyl (C=O) groups is 1. The van der Waals surface area contributed by atoms with Crippen LogP contribution >= 0.6 is 0 Å². The van der Waals surface area contributed by atoms with Crippen LogP contribution < -0.4 is 5.32 Å². The van der Waals surface area contributed by atoms with Crippen LogP contribution in [0.2, 0.25) is 25.2 Å². The molecule has 1 aliphatic heterocycles. The molecule has 0 spiro atoms. The van der Waals surface area contributed by atoms with E-state index < -0.39 is 8.07 Å². The summed E-state index contributed by atoms with van der Waals surface area (Å²) in [4.78, 5) is 11.3. The lowest BCUT2D eigenvalue weighted by Gasteiger charge is -2.26. The van der Waals surface area contributed by atoms with Gasteiger partial charge in [-0.2, -0.15) is 0 Å². The molecule has 0 aromatic carbocycles. The van der Waals surface area contributed by atoms with Gasteiger partial charge in [-0.1, -0.05) is 26.1 Å². The first-order valence-electron chi connectivity index (χ1n) is 4.77. The number of nitrogens with one attached hydrogen (secondary N) is 1. The quantitative estimate of drug-likeness (QED) is 0.622. The van der Waals surface area contributed by atoms with Gasteiger partial charge in [0, 0.05) is 21.0 Å². The SMILES string of the molecule is C[Si](C)(C)C1CCCNC(=O)C1. The van der Waals surface area contributed by atoms with E-state index in [0.29, 0.717) is 5.54 Å². The van der Waals surface area contributed by atoms with Crippen molar-refractivity contribution < 1.29 is 4.79 Å². The minimum atomic E-state index is -1.09. The van der Waals surface area contributed by atoms with Crippen molar-refractivity contribution in [2.75, 3.05) is 6.54 Å². The highest BCUT2D eigenvalue weighted by Gasteiger charge is 2.29. The summed E-state index contributed by atoms with van der Waals surface area (Å²) in [7, 11) is -1.09. The normalized spacial score (nSPS) is 26.2. The minimum absolute atomic E-state index is 0.264. The highest BCUT2D eigenvalue weighted by Crippen LogP contribution is 2.31. The monoisotopic (exact) mass is 185 g/mol. The van der Waals surface area contributed by atoms with Gasteiger partial charge in [0.2, 0.25) is 5.91 Å². The van der Waals surface area contributed by atoms with Gasteiger partial charge in [-0.05, 0) is 12.0 Å². The van der Waals surface area contributed by atoms with E-state index in [-0.39, 0.29) is 5.91 Å². The van der Waals surface area contributed by atoms with E-state index in [1.165, 1.54) is 12.8 Å². The molecule has 1 amide bonds. The topological polar surface area (TPSA) is 29.1 Å². The average Bonchev–Trinajstić information content (AvgIpc) is 2.11. The molecule has 0 saturated carbocycles. The van der Waals surface area contributed by atoms with Gasteiger partial charge < -0.3 is 5.32 Å². The second-order valence-corrected chi connectivity index (χ2v) is 10.3. The van der Waals surface area contributed by atoms with Crippen molar-refractivity contribution in [2.24, 2.45) is 0 Å². The van der Waals surface area contributed by atoms with E-state index in [9.17, 15) is 4.79 Å². The molecule has 1 atom stereocenters. The third-order valence-electron chi connectivity index (χ3n) is 2.71. The van der Waals surface area contributed by atoms with E-state index in [4.69, 9.17) is 0 Å². The lowest BCUT2D eigenvalue weighted by Crippen LogP contribution is -2.30. The molecular weight excluding hydrogens is 166 g/mol. The van der Waals surface area contributed by atoms with Crippen LogP contribution in [0.25, 0.3) is 0 Å². The van der Waals surface area contributed by atoms with E-state index in [0.717, 1.165) is 13.0 Å². The van der Waals surface area contributed by atoms with E-state index in [1.54, 1.807) is 0 Å². The van der Waals surface area contributed by atoms with Crippen molar-refractivity contribution in [3.05, 3.63) is 0 Å². The predicted molar refractivity (Wildman–Crippen MR) is 54.0 cm³/mol. The summed E-state index contributed by atoms with van der Waals surface area (Å²) in [5.41, 5.74) is 0.694. The Kier molecular flexibility index (Phi) is 2.93. The Hall–Kier alpha value is -0.313. The molecule has 1 aliphatic rings. The molecule has 1 saturated heterocycles. The fraction of sp³-hybridized carbons (Fsp3) is 0.889. The van der Waals surface area contributed by atoms with Crippen molar-refractivity contribution in [1.82, 2.24) is 5.32 Å². The summed E-state index contributed by atoms with van der Waals surface area (Å²) in [5.74, 6) is 0.264. The number of amides is 1. The zero-order valence-electron chi connectivity index (χ0n) is 8.31. The Morgan fingerprint density at radius 2 is 2.08 bits per heavy atom. The number of hydrogen-bond donors (Lipinski definition) is 1. The van der Waals surface area contributed by atoms with Crippen molar-refractivity contribution in [3.8, 4) is 0 Å². The molecule has 70 valence electrons. The lowest BCUT2D eigenvalue weighted by molar-refractivity contribution is -0.120. The Bertz CT molecular complexity index is 174. The van der Waals surface area contributed by atoms with Crippen LogP contribution in [-0.4, -0.2) is 20.5 Å². The molecule has 1 heterocycles. The van der Waals surface area contributed by atoms with E-state index in [1.807, 2.05) is 0 Å². The van der Waals surface area contributed by atoms with Gasteiger partial charge in [0.05, 0.1) is 0 Å². The molecule has 0 aromatic rings. The predicted octanol–water partition coefficient (Wildman–Crippen LogP) is 1.99. The molecule has 2 nitrogen and oxygen atoms in total. The zero-order chi connectivity index (χ0) is 9.19. The standard InChI is InChI=1S/C9H19NOSi/c1-12(2,3)8-5-4-6-10-9(11)7-8/h8H,4-7H2,1-3H3,(H,10,11). The third-order valence-corrected chi connectivity index (χ3v) is 5.65. The summed E-state index contributed by atoms with van der Waals surface area (Å²) in [6.07, 6.45) is 3.19. The zero-order valence-corrected chi connectivity index (χ0v) is 9.31. The summed E-state index contributed by atoms with van der Waals surface area (Å²) in [6.45, 7) is 7.96. The van der Waals surface area contributed by atoms with Crippen LogP contribution in [0.1, 0.15) is 19.3 Å².